The molecule has 0 unspecified atom stereocenters. The first-order valence-corrected chi connectivity index (χ1v) is 7.00. The number of rotatable bonds is 3. The SMILES string of the molecule is NC1CC(C(=O)NCc2ccc3c(c2)CCCO3)C1. The number of fused-ring (bicyclic) bond motifs is 1. The highest BCUT2D eigenvalue weighted by molar-refractivity contribution is 5.79. The molecule has 3 N–H and O–H groups in total. The van der Waals surface area contributed by atoms with Crippen molar-refractivity contribution >= 4 is 5.91 Å². The lowest BCUT2D eigenvalue weighted by molar-refractivity contribution is -0.128. The van der Waals surface area contributed by atoms with Crippen LogP contribution in [-0.4, -0.2) is 18.6 Å². The van der Waals surface area contributed by atoms with Gasteiger partial charge >= 0.3 is 0 Å². The summed E-state index contributed by atoms with van der Waals surface area (Å²) >= 11 is 0. The summed E-state index contributed by atoms with van der Waals surface area (Å²) in [5.74, 6) is 1.25. The van der Waals surface area contributed by atoms with Crippen LogP contribution >= 0.6 is 0 Å². The van der Waals surface area contributed by atoms with Gasteiger partial charge in [-0.25, -0.2) is 0 Å². The van der Waals surface area contributed by atoms with E-state index in [4.69, 9.17) is 10.5 Å². The van der Waals surface area contributed by atoms with E-state index >= 15 is 0 Å². The van der Waals surface area contributed by atoms with Crippen molar-refractivity contribution in [1.29, 1.82) is 0 Å². The minimum atomic E-state index is 0.121. The van der Waals surface area contributed by atoms with E-state index in [2.05, 4.69) is 11.4 Å². The molecule has 1 aromatic rings. The molecule has 1 amide bonds. The van der Waals surface area contributed by atoms with Gasteiger partial charge in [-0.05, 0) is 42.9 Å². The van der Waals surface area contributed by atoms with Crippen LogP contribution in [0.4, 0.5) is 0 Å². The third-order valence-electron chi connectivity index (χ3n) is 3.98. The Morgan fingerprint density at radius 3 is 3.05 bits per heavy atom. The number of nitrogens with two attached hydrogens (primary N) is 1. The zero-order valence-corrected chi connectivity index (χ0v) is 11.0. The van der Waals surface area contributed by atoms with Gasteiger partial charge < -0.3 is 15.8 Å². The lowest BCUT2D eigenvalue weighted by Crippen LogP contribution is -2.44. The molecular formula is C15H20N2O2. The highest BCUT2D eigenvalue weighted by Crippen LogP contribution is 2.27. The van der Waals surface area contributed by atoms with Gasteiger partial charge in [0.05, 0.1) is 6.61 Å². The van der Waals surface area contributed by atoms with Crippen molar-refractivity contribution in [2.75, 3.05) is 6.61 Å². The molecule has 2 aliphatic rings. The Morgan fingerprint density at radius 1 is 1.42 bits per heavy atom. The van der Waals surface area contributed by atoms with Crippen LogP contribution in [0.5, 0.6) is 5.75 Å². The third kappa shape index (κ3) is 2.73. The van der Waals surface area contributed by atoms with Crippen LogP contribution in [0.3, 0.4) is 0 Å². The molecule has 4 heteroatoms. The predicted octanol–water partition coefficient (Wildman–Crippen LogP) is 1.37. The molecular weight excluding hydrogens is 240 g/mol. The van der Waals surface area contributed by atoms with Crippen molar-refractivity contribution in [3.05, 3.63) is 29.3 Å². The number of hydrogen-bond donors (Lipinski definition) is 2. The highest BCUT2D eigenvalue weighted by atomic mass is 16.5. The molecule has 1 fully saturated rings. The average Bonchev–Trinajstić information content (AvgIpc) is 2.41. The van der Waals surface area contributed by atoms with Crippen LogP contribution in [0.15, 0.2) is 18.2 Å². The van der Waals surface area contributed by atoms with Crippen molar-refractivity contribution in [3.8, 4) is 5.75 Å². The molecule has 0 bridgehead atoms. The number of benzene rings is 1. The van der Waals surface area contributed by atoms with Crippen molar-refractivity contribution in [3.63, 3.8) is 0 Å². The number of hydrogen-bond acceptors (Lipinski definition) is 3. The minimum Gasteiger partial charge on any atom is -0.493 e. The smallest absolute Gasteiger partial charge is 0.223 e. The van der Waals surface area contributed by atoms with Crippen LogP contribution in [-0.2, 0) is 17.8 Å². The van der Waals surface area contributed by atoms with E-state index in [1.165, 1.54) is 5.56 Å². The van der Waals surface area contributed by atoms with Gasteiger partial charge in [-0.15, -0.1) is 0 Å². The zero-order chi connectivity index (χ0) is 13.2. The molecule has 0 spiro atoms. The quantitative estimate of drug-likeness (QED) is 0.862. The fourth-order valence-electron chi connectivity index (χ4n) is 2.73. The monoisotopic (exact) mass is 260 g/mol. The Hall–Kier alpha value is -1.55. The van der Waals surface area contributed by atoms with E-state index in [1.54, 1.807) is 0 Å². The molecule has 1 aromatic carbocycles. The molecule has 0 radical (unpaired) electrons. The Balaban J connectivity index is 1.56. The Labute approximate surface area is 113 Å². The second-order valence-electron chi connectivity index (χ2n) is 5.54. The molecule has 19 heavy (non-hydrogen) atoms. The molecule has 1 saturated carbocycles. The second-order valence-corrected chi connectivity index (χ2v) is 5.54. The molecule has 1 heterocycles. The van der Waals surface area contributed by atoms with E-state index in [0.717, 1.165) is 43.6 Å². The maximum atomic E-state index is 11.8. The molecule has 4 nitrogen and oxygen atoms in total. The first-order valence-electron chi connectivity index (χ1n) is 7.00. The minimum absolute atomic E-state index is 0.121. The van der Waals surface area contributed by atoms with Gasteiger partial charge in [0, 0.05) is 18.5 Å². The molecule has 0 atom stereocenters. The Kier molecular flexibility index (Phi) is 3.42. The van der Waals surface area contributed by atoms with E-state index in [1.807, 2.05) is 12.1 Å². The van der Waals surface area contributed by atoms with Crippen LogP contribution in [0, 0.1) is 5.92 Å². The van der Waals surface area contributed by atoms with Gasteiger partial charge in [0.1, 0.15) is 5.75 Å². The van der Waals surface area contributed by atoms with Crippen LogP contribution in [0.1, 0.15) is 30.4 Å². The van der Waals surface area contributed by atoms with Crippen molar-refractivity contribution < 1.29 is 9.53 Å². The third-order valence-corrected chi connectivity index (χ3v) is 3.98. The van der Waals surface area contributed by atoms with Crippen LogP contribution < -0.4 is 15.8 Å². The molecule has 0 aromatic heterocycles. The molecule has 1 aliphatic carbocycles. The molecule has 3 rings (SSSR count). The van der Waals surface area contributed by atoms with Gasteiger partial charge in [0.15, 0.2) is 0 Å². The number of carbonyl (C=O) groups excluding carboxylic acids is 1. The van der Waals surface area contributed by atoms with E-state index in [9.17, 15) is 4.79 Å². The van der Waals surface area contributed by atoms with Crippen LogP contribution in [0.2, 0.25) is 0 Å². The zero-order valence-electron chi connectivity index (χ0n) is 11.0. The molecule has 0 saturated heterocycles. The van der Waals surface area contributed by atoms with E-state index in [0.29, 0.717) is 6.54 Å². The summed E-state index contributed by atoms with van der Waals surface area (Å²) < 4.78 is 5.58. The number of nitrogens with one attached hydrogen (secondary N) is 1. The summed E-state index contributed by atoms with van der Waals surface area (Å²) in [6, 6.07) is 6.39. The van der Waals surface area contributed by atoms with Gasteiger partial charge in [-0.1, -0.05) is 12.1 Å². The van der Waals surface area contributed by atoms with Gasteiger partial charge in [-0.3, -0.25) is 4.79 Å². The van der Waals surface area contributed by atoms with E-state index < -0.39 is 0 Å². The average molecular weight is 260 g/mol. The Bertz CT molecular complexity index is 481. The number of ether oxygens (including phenoxy) is 1. The maximum Gasteiger partial charge on any atom is 0.223 e. The van der Waals surface area contributed by atoms with E-state index in [-0.39, 0.29) is 17.9 Å². The highest BCUT2D eigenvalue weighted by Gasteiger charge is 2.31. The first-order chi connectivity index (χ1) is 9.22. The lowest BCUT2D eigenvalue weighted by atomic mass is 9.80. The fraction of sp³-hybridized carbons (Fsp3) is 0.533. The maximum absolute atomic E-state index is 11.8. The van der Waals surface area contributed by atoms with Gasteiger partial charge in [0.2, 0.25) is 5.91 Å². The first kappa shape index (κ1) is 12.5. The summed E-state index contributed by atoms with van der Waals surface area (Å²) in [6.07, 6.45) is 3.78. The normalized spacial score (nSPS) is 24.9. The van der Waals surface area contributed by atoms with Crippen LogP contribution in [0.25, 0.3) is 0 Å². The Morgan fingerprint density at radius 2 is 2.26 bits per heavy atom. The standard InChI is InChI=1S/C15H20N2O2/c16-13-7-12(8-13)15(18)17-9-10-3-4-14-11(6-10)2-1-5-19-14/h3-4,6,12-13H,1-2,5,7-9,16H2,(H,17,18). The van der Waals surface area contributed by atoms with Crippen molar-refractivity contribution in [1.82, 2.24) is 5.32 Å². The number of carbonyl (C=O) groups is 1. The second kappa shape index (κ2) is 5.21. The fourth-order valence-corrected chi connectivity index (χ4v) is 2.73. The largest absolute Gasteiger partial charge is 0.493 e. The summed E-state index contributed by atoms with van der Waals surface area (Å²) in [4.78, 5) is 11.8. The lowest BCUT2D eigenvalue weighted by Gasteiger charge is -2.31. The van der Waals surface area contributed by atoms with Gasteiger partial charge in [-0.2, -0.15) is 0 Å². The molecule has 1 aliphatic heterocycles. The van der Waals surface area contributed by atoms with Gasteiger partial charge in [0.25, 0.3) is 0 Å². The summed E-state index contributed by atoms with van der Waals surface area (Å²) in [6.45, 7) is 1.41. The van der Waals surface area contributed by atoms with Crippen molar-refractivity contribution in [2.45, 2.75) is 38.3 Å². The summed E-state index contributed by atoms with van der Waals surface area (Å²) in [5.41, 5.74) is 8.09. The van der Waals surface area contributed by atoms with Crippen molar-refractivity contribution in [2.24, 2.45) is 11.7 Å². The number of amides is 1. The molecule has 102 valence electrons. The topological polar surface area (TPSA) is 64.4 Å². The summed E-state index contributed by atoms with van der Waals surface area (Å²) in [5, 5.41) is 2.99. The summed E-state index contributed by atoms with van der Waals surface area (Å²) in [7, 11) is 0. The number of aryl methyl sites for hydroxylation is 1. The predicted molar refractivity (Wildman–Crippen MR) is 72.8 cm³/mol.